The quantitative estimate of drug-likeness (QED) is 0.296. The predicted molar refractivity (Wildman–Crippen MR) is 126 cm³/mol. The summed E-state index contributed by atoms with van der Waals surface area (Å²) in [5.74, 6) is 0.293. The molecule has 0 saturated carbocycles. The molecule has 0 fully saturated rings. The van der Waals surface area contributed by atoms with Crippen LogP contribution in [0.1, 0.15) is 16.1 Å². The lowest BCUT2D eigenvalue weighted by molar-refractivity contribution is -0.384. The number of hydrogen-bond acceptors (Lipinski definition) is 6. The number of nitrogens with zero attached hydrogens (tertiary/aromatic N) is 3. The number of nitrogens with one attached hydrogen (secondary N) is 1. The minimum Gasteiger partial charge on any atom is -0.497 e. The molecule has 1 amide bonds. The van der Waals surface area contributed by atoms with Gasteiger partial charge in [0.25, 0.3) is 11.6 Å². The summed E-state index contributed by atoms with van der Waals surface area (Å²) in [6.45, 7) is 0.172. The Kier molecular flexibility index (Phi) is 6.72. The van der Waals surface area contributed by atoms with E-state index >= 15 is 0 Å². The zero-order chi connectivity index (χ0) is 24.9. The molecule has 1 heterocycles. The first-order valence-electron chi connectivity index (χ1n) is 10.5. The molecule has 4 aromatic rings. The Morgan fingerprint density at radius 1 is 1.03 bits per heavy atom. The summed E-state index contributed by atoms with van der Waals surface area (Å²) in [7, 11) is 3.06. The summed E-state index contributed by atoms with van der Waals surface area (Å²) in [6.07, 6.45) is 0. The molecule has 3 aromatic carbocycles. The third-order valence-electron chi connectivity index (χ3n) is 5.30. The molecule has 10 heteroatoms. The molecule has 1 aromatic heterocycles. The smallest absolute Gasteiger partial charge is 0.270 e. The molecule has 178 valence electrons. The van der Waals surface area contributed by atoms with Crippen LogP contribution in [0.15, 0.2) is 72.8 Å². The maximum atomic E-state index is 13.2. The largest absolute Gasteiger partial charge is 0.497 e. The van der Waals surface area contributed by atoms with Crippen LogP contribution in [0.4, 0.5) is 10.1 Å². The van der Waals surface area contributed by atoms with Gasteiger partial charge in [-0.2, -0.15) is 5.10 Å². The van der Waals surface area contributed by atoms with Crippen molar-refractivity contribution in [3.05, 3.63) is 100.0 Å². The molecule has 0 spiro atoms. The van der Waals surface area contributed by atoms with E-state index < -0.39 is 10.8 Å². The van der Waals surface area contributed by atoms with Gasteiger partial charge in [-0.05, 0) is 48.0 Å². The van der Waals surface area contributed by atoms with E-state index in [-0.39, 0.29) is 23.7 Å². The van der Waals surface area contributed by atoms with Crippen molar-refractivity contribution in [1.82, 2.24) is 15.1 Å². The molecule has 1 N–H and O–H groups in total. The van der Waals surface area contributed by atoms with E-state index in [0.717, 1.165) is 5.56 Å². The maximum absolute atomic E-state index is 13.2. The molecule has 35 heavy (non-hydrogen) atoms. The average Bonchev–Trinajstić information content (AvgIpc) is 3.33. The molecule has 0 bridgehead atoms. The molecular weight excluding hydrogens is 455 g/mol. The van der Waals surface area contributed by atoms with Crippen LogP contribution in [-0.2, 0) is 6.54 Å². The molecule has 0 saturated heterocycles. The van der Waals surface area contributed by atoms with Gasteiger partial charge in [-0.25, -0.2) is 9.07 Å². The molecule has 0 radical (unpaired) electrons. The second kappa shape index (κ2) is 10.0. The summed E-state index contributed by atoms with van der Waals surface area (Å²) in [5, 5.41) is 18.4. The Balaban J connectivity index is 1.73. The highest BCUT2D eigenvalue weighted by Crippen LogP contribution is 2.33. The average molecular weight is 476 g/mol. The summed E-state index contributed by atoms with van der Waals surface area (Å²) in [5.41, 5.74) is 2.38. The fourth-order valence-corrected chi connectivity index (χ4v) is 3.47. The van der Waals surface area contributed by atoms with Gasteiger partial charge in [0, 0.05) is 30.3 Å². The summed E-state index contributed by atoms with van der Waals surface area (Å²) >= 11 is 0. The summed E-state index contributed by atoms with van der Waals surface area (Å²) in [4.78, 5) is 23.7. The summed E-state index contributed by atoms with van der Waals surface area (Å²) in [6, 6.07) is 18.3. The monoisotopic (exact) mass is 476 g/mol. The minimum absolute atomic E-state index is 0.0831. The highest BCUT2D eigenvalue weighted by Gasteiger charge is 2.20. The van der Waals surface area contributed by atoms with E-state index in [4.69, 9.17) is 9.47 Å². The predicted octanol–water partition coefficient (Wildman–Crippen LogP) is 4.53. The molecule has 0 aliphatic rings. The fourth-order valence-electron chi connectivity index (χ4n) is 3.47. The Labute approximate surface area is 199 Å². The number of halogens is 1. The second-order valence-electron chi connectivity index (χ2n) is 7.48. The van der Waals surface area contributed by atoms with Gasteiger partial charge in [0.15, 0.2) is 0 Å². The SMILES string of the molecule is COc1ccc(-c2cc(C(=O)NCc3ccc(F)cc3)n(-c3ccc([N+](=O)[O-])cc3)n2)c(OC)c1. The third kappa shape index (κ3) is 5.11. The van der Waals surface area contributed by atoms with Gasteiger partial charge in [0.2, 0.25) is 0 Å². The molecule has 0 unspecified atom stereocenters. The van der Waals surface area contributed by atoms with E-state index in [2.05, 4.69) is 10.4 Å². The molecule has 9 nitrogen and oxygen atoms in total. The number of methoxy groups -OCH3 is 2. The number of rotatable bonds is 8. The normalized spacial score (nSPS) is 10.6. The van der Waals surface area contributed by atoms with Crippen molar-refractivity contribution in [2.45, 2.75) is 6.54 Å². The van der Waals surface area contributed by atoms with Gasteiger partial charge in [0.1, 0.15) is 23.0 Å². The first-order valence-corrected chi connectivity index (χ1v) is 10.5. The van der Waals surface area contributed by atoms with E-state index in [1.165, 1.54) is 48.2 Å². The van der Waals surface area contributed by atoms with Gasteiger partial charge in [0.05, 0.1) is 30.5 Å². The molecule has 4 rings (SSSR count). The van der Waals surface area contributed by atoms with Crippen molar-refractivity contribution in [2.75, 3.05) is 14.2 Å². The van der Waals surface area contributed by atoms with E-state index in [9.17, 15) is 19.3 Å². The van der Waals surface area contributed by atoms with Crippen LogP contribution in [-0.4, -0.2) is 34.8 Å². The van der Waals surface area contributed by atoms with Crippen molar-refractivity contribution < 1.29 is 23.6 Å². The number of nitro groups is 1. The number of aromatic nitrogens is 2. The van der Waals surface area contributed by atoms with Crippen LogP contribution in [0.2, 0.25) is 0 Å². The lowest BCUT2D eigenvalue weighted by Gasteiger charge is -2.09. The third-order valence-corrected chi connectivity index (χ3v) is 5.30. The van der Waals surface area contributed by atoms with Crippen molar-refractivity contribution in [2.24, 2.45) is 0 Å². The van der Waals surface area contributed by atoms with Crippen LogP contribution >= 0.6 is 0 Å². The first kappa shape index (κ1) is 23.4. The fraction of sp³-hybridized carbons (Fsp3) is 0.120. The molecule has 0 aliphatic carbocycles. The number of non-ortho nitro benzene ring substituents is 1. The van der Waals surface area contributed by atoms with Crippen molar-refractivity contribution in [1.29, 1.82) is 0 Å². The van der Waals surface area contributed by atoms with E-state index in [1.807, 2.05) is 0 Å². The van der Waals surface area contributed by atoms with Gasteiger partial charge < -0.3 is 14.8 Å². The van der Waals surface area contributed by atoms with Crippen molar-refractivity contribution in [3.63, 3.8) is 0 Å². The number of ether oxygens (including phenoxy) is 2. The van der Waals surface area contributed by atoms with Gasteiger partial charge in [-0.1, -0.05) is 12.1 Å². The Hall–Kier alpha value is -4.73. The lowest BCUT2D eigenvalue weighted by atomic mass is 10.1. The molecule has 0 atom stereocenters. The zero-order valence-electron chi connectivity index (χ0n) is 18.9. The first-order chi connectivity index (χ1) is 16.9. The highest BCUT2D eigenvalue weighted by molar-refractivity contribution is 5.94. The van der Waals surface area contributed by atoms with Gasteiger partial charge >= 0.3 is 0 Å². The van der Waals surface area contributed by atoms with Gasteiger partial charge in [-0.3, -0.25) is 14.9 Å². The standard InChI is InChI=1S/C25H21FN4O5/c1-34-20-11-12-21(24(13-20)35-2)22-14-23(25(31)27-15-16-3-5-17(26)6-4-16)29(28-22)18-7-9-19(10-8-18)30(32)33/h3-14H,15H2,1-2H3,(H,27,31). The molecular formula is C25H21FN4O5. The lowest BCUT2D eigenvalue weighted by Crippen LogP contribution is -2.25. The topological polar surface area (TPSA) is 109 Å². The second-order valence-corrected chi connectivity index (χ2v) is 7.48. The Bertz CT molecular complexity index is 1370. The van der Waals surface area contributed by atoms with Gasteiger partial charge in [-0.15, -0.1) is 0 Å². The van der Waals surface area contributed by atoms with Crippen molar-refractivity contribution >= 4 is 11.6 Å². The number of benzene rings is 3. The highest BCUT2D eigenvalue weighted by atomic mass is 19.1. The van der Waals surface area contributed by atoms with Crippen molar-refractivity contribution in [3.8, 4) is 28.4 Å². The minimum atomic E-state index is -0.503. The Morgan fingerprint density at radius 3 is 2.37 bits per heavy atom. The van der Waals surface area contributed by atoms with Crippen LogP contribution < -0.4 is 14.8 Å². The van der Waals surface area contributed by atoms with Crippen LogP contribution in [0, 0.1) is 15.9 Å². The van der Waals surface area contributed by atoms with Crippen LogP contribution in [0.5, 0.6) is 11.5 Å². The van der Waals surface area contributed by atoms with E-state index in [0.29, 0.717) is 28.4 Å². The summed E-state index contributed by atoms with van der Waals surface area (Å²) < 4.78 is 25.3. The van der Waals surface area contributed by atoms with Crippen LogP contribution in [0.3, 0.4) is 0 Å². The zero-order valence-corrected chi connectivity index (χ0v) is 18.9. The van der Waals surface area contributed by atoms with Crippen LogP contribution in [0.25, 0.3) is 16.9 Å². The maximum Gasteiger partial charge on any atom is 0.270 e. The Morgan fingerprint density at radius 2 is 1.74 bits per heavy atom. The molecule has 0 aliphatic heterocycles. The number of carbonyl (C=O) groups excluding carboxylic acids is 1. The van der Waals surface area contributed by atoms with E-state index in [1.54, 1.807) is 43.5 Å². The number of hydrogen-bond donors (Lipinski definition) is 1. The number of nitro benzene ring substituents is 1. The number of amides is 1. The number of carbonyl (C=O) groups is 1.